The van der Waals surface area contributed by atoms with Crippen LogP contribution in [0.25, 0.3) is 136 Å². The van der Waals surface area contributed by atoms with E-state index in [-0.39, 0.29) is 0 Å². The fourth-order valence-corrected chi connectivity index (χ4v) is 10.4. The predicted molar refractivity (Wildman–Crippen MR) is 315 cm³/mol. The zero-order chi connectivity index (χ0) is 53.0. The van der Waals surface area contributed by atoms with Gasteiger partial charge in [-0.3, -0.25) is 0 Å². The highest BCUT2D eigenvalue weighted by molar-refractivity contribution is 6.32. The number of hydrogen-bond donors (Lipinski definition) is 0. The first kappa shape index (κ1) is 49.5. The van der Waals surface area contributed by atoms with E-state index in [0.717, 1.165) is 33.4 Å². The van der Waals surface area contributed by atoms with Crippen LogP contribution in [0.5, 0.6) is 0 Å². The molecule has 13 rings (SSSR count). The minimum absolute atomic E-state index is 0.461. The lowest BCUT2D eigenvalue weighted by molar-refractivity contribution is 0.579. The highest BCUT2D eigenvalue weighted by atomic mass is 35.5. The zero-order valence-electron chi connectivity index (χ0n) is 40.5. The summed E-state index contributed by atoms with van der Waals surface area (Å²) in [4.78, 5) is 0. The van der Waals surface area contributed by atoms with Gasteiger partial charge in [0.25, 0.3) is 0 Å². The van der Waals surface area contributed by atoms with Crippen molar-refractivity contribution in [2.75, 3.05) is 0 Å². The smallest absolute Gasteiger partial charge is 0.136 e. The molecule has 0 atom stereocenters. The molecule has 0 fully saturated rings. The number of halogens is 6. The Hall–Kier alpha value is -8.04. The normalized spacial score (nSPS) is 11.5. The SMILES string of the molecule is Clc1ccc(-c2ccc(-c3c(-c4ccc(-c5ccc(Cl)cc5)o4)c(-c4ccc(-c5ccc(Cl)cc5)o4)c(-c4ccc(-c5ccc(Cl)cc5)o4)c(-c4ccc(-c5ccc(Cl)cc5)o4)c3-c3ccc(-c4ccc(Cl)cc4)o3)o2)cc1. The van der Waals surface area contributed by atoms with Crippen LogP contribution in [0.2, 0.25) is 30.1 Å². The molecule has 0 amide bonds. The van der Waals surface area contributed by atoms with E-state index < -0.39 is 0 Å². The minimum Gasteiger partial charge on any atom is -0.456 e. The van der Waals surface area contributed by atoms with Crippen LogP contribution in [0.1, 0.15) is 0 Å². The van der Waals surface area contributed by atoms with Crippen LogP contribution in [-0.4, -0.2) is 0 Å². The monoisotopic (exact) mass is 1130 g/mol. The molecule has 0 spiro atoms. The van der Waals surface area contributed by atoms with Crippen LogP contribution in [-0.2, 0) is 0 Å². The first-order valence-electron chi connectivity index (χ1n) is 24.5. The van der Waals surface area contributed by atoms with Gasteiger partial charge in [-0.1, -0.05) is 69.6 Å². The van der Waals surface area contributed by atoms with Gasteiger partial charge in [0.1, 0.15) is 69.1 Å². The maximum atomic E-state index is 7.12. The standard InChI is InChI=1S/C66H36Cl6O6/c67-43-13-1-37(2-14-43)49-25-31-55(73-49)61-62(56-32-26-50(74-56)38-3-15-44(68)16-4-38)64(58-34-28-52(76-58)40-7-19-46(70)20-8-40)66(60-36-30-54(78-60)42-11-23-48(72)24-12-42)65(59-35-29-53(77-59)41-9-21-47(71)22-10-41)63(61)57-33-27-51(75-57)39-5-17-45(69)18-6-39/h1-36H. The van der Waals surface area contributed by atoms with Gasteiger partial charge in [-0.15, -0.1) is 0 Å². The first-order chi connectivity index (χ1) is 38.1. The first-order valence-corrected chi connectivity index (χ1v) is 26.7. The average molecular weight is 1140 g/mol. The van der Waals surface area contributed by atoms with Crippen LogP contribution >= 0.6 is 69.6 Å². The maximum absolute atomic E-state index is 7.12. The van der Waals surface area contributed by atoms with Gasteiger partial charge in [0.2, 0.25) is 0 Å². The minimum atomic E-state index is 0.461. The fraction of sp³-hybridized carbons (Fsp3) is 0. The molecule has 0 aliphatic rings. The molecule has 6 nitrogen and oxygen atoms in total. The van der Waals surface area contributed by atoms with E-state index in [4.69, 9.17) is 96.1 Å². The van der Waals surface area contributed by atoms with Crippen LogP contribution in [0.4, 0.5) is 0 Å². The van der Waals surface area contributed by atoms with Crippen molar-refractivity contribution in [2.45, 2.75) is 0 Å². The summed E-state index contributed by atoms with van der Waals surface area (Å²) in [6.45, 7) is 0. The van der Waals surface area contributed by atoms with Crippen molar-refractivity contribution in [3.8, 4) is 136 Å². The summed E-state index contributed by atoms with van der Waals surface area (Å²) in [5, 5.41) is 3.55. The highest BCUT2D eigenvalue weighted by Gasteiger charge is 2.36. The van der Waals surface area contributed by atoms with Gasteiger partial charge >= 0.3 is 0 Å². The Kier molecular flexibility index (Phi) is 13.2. The predicted octanol–water partition coefficient (Wildman–Crippen LogP) is 23.2. The Bertz CT molecular complexity index is 3550. The van der Waals surface area contributed by atoms with Crippen molar-refractivity contribution < 1.29 is 26.5 Å². The van der Waals surface area contributed by atoms with Gasteiger partial charge in [-0.25, -0.2) is 0 Å². The Morgan fingerprint density at radius 3 is 0.385 bits per heavy atom. The molecule has 6 aromatic heterocycles. The fourth-order valence-electron chi connectivity index (χ4n) is 9.68. The molecule has 13 aromatic rings. The second-order valence-electron chi connectivity index (χ2n) is 18.3. The van der Waals surface area contributed by atoms with Gasteiger partial charge in [-0.05, 0) is 218 Å². The lowest BCUT2D eigenvalue weighted by Gasteiger charge is -2.23. The molecule has 0 saturated heterocycles. The largest absolute Gasteiger partial charge is 0.456 e. The number of benzene rings is 7. The average Bonchev–Trinajstić information content (AvgIpc) is 4.41. The van der Waals surface area contributed by atoms with E-state index in [1.165, 1.54) is 0 Å². The van der Waals surface area contributed by atoms with E-state index in [2.05, 4.69) is 0 Å². The maximum Gasteiger partial charge on any atom is 0.136 e. The Morgan fingerprint density at radius 1 is 0.141 bits per heavy atom. The molecular weight excluding hydrogens is 1100 g/mol. The third-order valence-corrected chi connectivity index (χ3v) is 14.9. The Balaban J connectivity index is 1.21. The summed E-state index contributed by atoms with van der Waals surface area (Å²) in [5.41, 5.74) is 8.31. The quantitative estimate of drug-likeness (QED) is 0.121. The van der Waals surface area contributed by atoms with Crippen LogP contribution in [0.15, 0.2) is 245 Å². The van der Waals surface area contributed by atoms with E-state index in [1.807, 2.05) is 218 Å². The Morgan fingerprint density at radius 2 is 0.256 bits per heavy atom. The molecule has 0 aliphatic carbocycles. The summed E-state index contributed by atoms with van der Waals surface area (Å²) in [6.07, 6.45) is 0. The number of furan rings is 6. The summed E-state index contributed by atoms with van der Waals surface area (Å²) in [5.74, 6) is 6.26. The molecule has 0 radical (unpaired) electrons. The van der Waals surface area contributed by atoms with Crippen molar-refractivity contribution in [2.24, 2.45) is 0 Å². The summed E-state index contributed by atoms with van der Waals surface area (Å²) < 4.78 is 42.7. The van der Waals surface area contributed by atoms with Gasteiger partial charge in [0.05, 0.1) is 0 Å². The van der Waals surface area contributed by atoms with E-state index in [0.29, 0.717) is 133 Å². The van der Waals surface area contributed by atoms with Gasteiger partial charge in [0, 0.05) is 96.9 Å². The molecule has 0 unspecified atom stereocenters. The molecule has 378 valence electrons. The van der Waals surface area contributed by atoms with Crippen molar-refractivity contribution >= 4 is 69.6 Å². The number of hydrogen-bond acceptors (Lipinski definition) is 6. The summed E-state index contributed by atoms with van der Waals surface area (Å²) in [7, 11) is 0. The third kappa shape index (κ3) is 9.62. The second kappa shape index (κ2) is 20.7. The molecule has 0 saturated carbocycles. The summed E-state index contributed by atoms with van der Waals surface area (Å²) >= 11 is 38.6. The molecule has 6 heterocycles. The molecule has 0 aliphatic heterocycles. The van der Waals surface area contributed by atoms with Crippen LogP contribution < -0.4 is 0 Å². The van der Waals surface area contributed by atoms with Crippen molar-refractivity contribution in [1.82, 2.24) is 0 Å². The van der Waals surface area contributed by atoms with Gasteiger partial charge < -0.3 is 26.5 Å². The molecule has 12 heteroatoms. The van der Waals surface area contributed by atoms with E-state index in [9.17, 15) is 0 Å². The van der Waals surface area contributed by atoms with E-state index in [1.54, 1.807) is 0 Å². The van der Waals surface area contributed by atoms with Gasteiger partial charge in [-0.2, -0.15) is 0 Å². The number of rotatable bonds is 12. The van der Waals surface area contributed by atoms with Gasteiger partial charge in [0.15, 0.2) is 0 Å². The molecule has 78 heavy (non-hydrogen) atoms. The van der Waals surface area contributed by atoms with Crippen LogP contribution in [0.3, 0.4) is 0 Å². The van der Waals surface area contributed by atoms with Crippen LogP contribution in [0, 0.1) is 0 Å². The van der Waals surface area contributed by atoms with Crippen molar-refractivity contribution in [1.29, 1.82) is 0 Å². The zero-order valence-corrected chi connectivity index (χ0v) is 45.0. The summed E-state index contributed by atoms with van der Waals surface area (Å²) in [6, 6.07) is 68.2. The van der Waals surface area contributed by atoms with E-state index >= 15 is 0 Å². The highest BCUT2D eigenvalue weighted by Crippen LogP contribution is 2.58. The molecule has 0 N–H and O–H groups in total. The molecular formula is C66H36Cl6O6. The van der Waals surface area contributed by atoms with Crippen molar-refractivity contribution in [3.05, 3.63) is 249 Å². The van der Waals surface area contributed by atoms with Crippen molar-refractivity contribution in [3.63, 3.8) is 0 Å². The molecule has 7 aromatic carbocycles. The second-order valence-corrected chi connectivity index (χ2v) is 20.9. The topological polar surface area (TPSA) is 78.8 Å². The third-order valence-electron chi connectivity index (χ3n) is 13.4. The molecule has 0 bridgehead atoms. The Labute approximate surface area is 477 Å². The lowest BCUT2D eigenvalue weighted by atomic mass is 9.81. The lowest BCUT2D eigenvalue weighted by Crippen LogP contribution is -2.00.